The van der Waals surface area contributed by atoms with E-state index in [0.29, 0.717) is 18.2 Å². The molecule has 1 unspecified atom stereocenters. The molecule has 9 nitrogen and oxygen atoms in total. The number of guanidine groups is 1. The van der Waals surface area contributed by atoms with Crippen molar-refractivity contribution in [1.29, 1.82) is 0 Å². The first-order valence-corrected chi connectivity index (χ1v) is 11.2. The smallest absolute Gasteiger partial charge is 0.216 e. The SMILES string of the molecule is COc1ccc(C2NC3=NCN(CCCN(C)C)CN3c3nc4ccccc4n32)cc1OC. The van der Waals surface area contributed by atoms with E-state index >= 15 is 0 Å². The van der Waals surface area contributed by atoms with Crippen molar-refractivity contribution in [2.45, 2.75) is 12.6 Å². The van der Waals surface area contributed by atoms with Gasteiger partial charge in [0.25, 0.3) is 0 Å². The predicted molar refractivity (Wildman–Crippen MR) is 130 cm³/mol. The average Bonchev–Trinajstić information content (AvgIpc) is 3.23. The van der Waals surface area contributed by atoms with Gasteiger partial charge in [0.05, 0.1) is 38.6 Å². The maximum Gasteiger partial charge on any atom is 0.216 e. The lowest BCUT2D eigenvalue weighted by atomic mass is 10.1. The molecule has 0 amide bonds. The second-order valence-corrected chi connectivity index (χ2v) is 8.68. The predicted octanol–water partition coefficient (Wildman–Crippen LogP) is 2.55. The van der Waals surface area contributed by atoms with Crippen LogP contribution in [-0.2, 0) is 0 Å². The zero-order chi connectivity index (χ0) is 22.9. The summed E-state index contributed by atoms with van der Waals surface area (Å²) in [7, 11) is 7.53. The van der Waals surface area contributed by atoms with Gasteiger partial charge in [0, 0.05) is 6.54 Å². The molecule has 2 aliphatic heterocycles. The van der Waals surface area contributed by atoms with Crippen molar-refractivity contribution < 1.29 is 9.47 Å². The summed E-state index contributed by atoms with van der Waals surface area (Å²) in [4.78, 5) is 16.6. The van der Waals surface area contributed by atoms with Gasteiger partial charge >= 0.3 is 0 Å². The Hall–Kier alpha value is -3.30. The summed E-state index contributed by atoms with van der Waals surface area (Å²) >= 11 is 0. The highest BCUT2D eigenvalue weighted by Crippen LogP contribution is 2.36. The summed E-state index contributed by atoms with van der Waals surface area (Å²) < 4.78 is 13.3. The van der Waals surface area contributed by atoms with Crippen LogP contribution in [0.15, 0.2) is 47.5 Å². The van der Waals surface area contributed by atoms with Crippen LogP contribution in [0.25, 0.3) is 11.0 Å². The number of methoxy groups -OCH3 is 2. The quantitative estimate of drug-likeness (QED) is 0.594. The van der Waals surface area contributed by atoms with Gasteiger partial charge in [-0.15, -0.1) is 0 Å². The van der Waals surface area contributed by atoms with Gasteiger partial charge in [0.1, 0.15) is 6.17 Å². The van der Waals surface area contributed by atoms with E-state index < -0.39 is 0 Å². The Labute approximate surface area is 194 Å². The van der Waals surface area contributed by atoms with E-state index in [4.69, 9.17) is 19.5 Å². The van der Waals surface area contributed by atoms with Crippen LogP contribution in [0.2, 0.25) is 0 Å². The maximum atomic E-state index is 5.57. The van der Waals surface area contributed by atoms with Crippen molar-refractivity contribution in [2.75, 3.05) is 59.6 Å². The number of benzene rings is 2. The van der Waals surface area contributed by atoms with E-state index in [2.05, 4.69) is 62.9 Å². The average molecular weight is 450 g/mol. The van der Waals surface area contributed by atoms with Gasteiger partial charge < -0.3 is 19.7 Å². The van der Waals surface area contributed by atoms with Gasteiger partial charge in [0.15, 0.2) is 11.5 Å². The number of para-hydroxylation sites is 2. The standard InChI is InChI=1S/C24H31N7O2/c1-28(2)12-7-13-29-15-25-23-27-22(17-10-11-20(32-3)21(14-17)33-4)31-19-9-6-5-8-18(19)26-24(31)30(23)16-29/h5-6,8-11,14,22H,7,12-13,15-16H2,1-4H3,(H,25,27). The van der Waals surface area contributed by atoms with Crippen LogP contribution in [0, 0.1) is 0 Å². The highest BCUT2D eigenvalue weighted by atomic mass is 16.5. The number of nitrogens with one attached hydrogen (secondary N) is 1. The van der Waals surface area contributed by atoms with Crippen molar-refractivity contribution in [3.05, 3.63) is 48.0 Å². The number of anilines is 1. The Morgan fingerprint density at radius 1 is 1.09 bits per heavy atom. The molecule has 0 saturated carbocycles. The highest BCUT2D eigenvalue weighted by molar-refractivity contribution is 5.98. The lowest BCUT2D eigenvalue weighted by molar-refractivity contribution is 0.254. The molecule has 33 heavy (non-hydrogen) atoms. The largest absolute Gasteiger partial charge is 0.493 e. The third-order valence-corrected chi connectivity index (χ3v) is 6.16. The highest BCUT2D eigenvalue weighted by Gasteiger charge is 2.36. The molecule has 5 rings (SSSR count). The minimum atomic E-state index is -0.164. The van der Waals surface area contributed by atoms with Crippen LogP contribution >= 0.6 is 0 Å². The first-order chi connectivity index (χ1) is 16.1. The third-order valence-electron chi connectivity index (χ3n) is 6.16. The molecule has 0 spiro atoms. The Kier molecular flexibility index (Phi) is 5.82. The molecule has 0 fully saturated rings. The molecule has 2 aromatic carbocycles. The van der Waals surface area contributed by atoms with Gasteiger partial charge in [-0.1, -0.05) is 18.2 Å². The van der Waals surface area contributed by atoms with Crippen molar-refractivity contribution in [3.63, 3.8) is 0 Å². The minimum absolute atomic E-state index is 0.164. The summed E-state index contributed by atoms with van der Waals surface area (Å²) in [6, 6.07) is 14.3. The molecule has 174 valence electrons. The fourth-order valence-electron chi connectivity index (χ4n) is 4.52. The van der Waals surface area contributed by atoms with Crippen LogP contribution in [0.4, 0.5) is 5.95 Å². The Morgan fingerprint density at radius 3 is 2.70 bits per heavy atom. The number of aromatic nitrogens is 2. The van der Waals surface area contributed by atoms with Crippen molar-refractivity contribution in [2.24, 2.45) is 4.99 Å². The van der Waals surface area contributed by atoms with Gasteiger partial charge in [-0.25, -0.2) is 9.98 Å². The molecular formula is C24H31N7O2. The molecule has 9 heteroatoms. The molecule has 0 bridgehead atoms. The summed E-state index contributed by atoms with van der Waals surface area (Å²) in [5.74, 6) is 3.15. The minimum Gasteiger partial charge on any atom is -0.493 e. The molecule has 1 atom stereocenters. The number of rotatable bonds is 7. The summed E-state index contributed by atoms with van der Waals surface area (Å²) in [5.41, 5.74) is 3.09. The van der Waals surface area contributed by atoms with E-state index in [1.54, 1.807) is 14.2 Å². The molecule has 2 aliphatic rings. The van der Waals surface area contributed by atoms with Gasteiger partial charge in [-0.3, -0.25) is 14.4 Å². The van der Waals surface area contributed by atoms with E-state index in [0.717, 1.165) is 54.7 Å². The molecule has 3 aromatic rings. The molecule has 0 radical (unpaired) electrons. The van der Waals surface area contributed by atoms with Crippen molar-refractivity contribution in [1.82, 2.24) is 24.7 Å². The van der Waals surface area contributed by atoms with Crippen LogP contribution in [0.3, 0.4) is 0 Å². The van der Waals surface area contributed by atoms with Gasteiger partial charge in [-0.2, -0.15) is 0 Å². The Bertz CT molecular complexity index is 1170. The Morgan fingerprint density at radius 2 is 1.91 bits per heavy atom. The molecule has 1 N–H and O–H groups in total. The van der Waals surface area contributed by atoms with Gasteiger partial charge in [0.2, 0.25) is 11.9 Å². The van der Waals surface area contributed by atoms with E-state index in [9.17, 15) is 0 Å². The zero-order valence-corrected chi connectivity index (χ0v) is 19.7. The second-order valence-electron chi connectivity index (χ2n) is 8.68. The van der Waals surface area contributed by atoms with Crippen LogP contribution < -0.4 is 19.7 Å². The maximum absolute atomic E-state index is 5.57. The Balaban J connectivity index is 1.54. The third kappa shape index (κ3) is 3.98. The van der Waals surface area contributed by atoms with Crippen LogP contribution in [0.1, 0.15) is 18.2 Å². The first kappa shape index (κ1) is 21.5. The molecular weight excluding hydrogens is 418 g/mol. The zero-order valence-electron chi connectivity index (χ0n) is 19.7. The van der Waals surface area contributed by atoms with Crippen molar-refractivity contribution >= 4 is 22.9 Å². The van der Waals surface area contributed by atoms with Crippen LogP contribution in [-0.4, -0.2) is 80.1 Å². The van der Waals surface area contributed by atoms with E-state index in [1.165, 1.54) is 0 Å². The van der Waals surface area contributed by atoms with E-state index in [-0.39, 0.29) is 6.17 Å². The number of nitrogens with zero attached hydrogens (tertiary/aromatic N) is 6. The lowest BCUT2D eigenvalue weighted by Crippen LogP contribution is -2.57. The molecule has 0 saturated heterocycles. The summed E-state index contributed by atoms with van der Waals surface area (Å²) in [6.45, 7) is 3.47. The normalized spacial score (nSPS) is 18.0. The lowest BCUT2D eigenvalue weighted by Gasteiger charge is -2.41. The van der Waals surface area contributed by atoms with Crippen LogP contribution in [0.5, 0.6) is 11.5 Å². The fraction of sp³-hybridized carbons (Fsp3) is 0.417. The van der Waals surface area contributed by atoms with Crippen molar-refractivity contribution in [3.8, 4) is 11.5 Å². The molecule has 0 aliphatic carbocycles. The number of imidazole rings is 1. The van der Waals surface area contributed by atoms with Gasteiger partial charge in [-0.05, 0) is 56.9 Å². The number of fused-ring (bicyclic) bond motifs is 5. The first-order valence-electron chi connectivity index (χ1n) is 11.2. The molecule has 1 aromatic heterocycles. The summed E-state index contributed by atoms with van der Waals surface area (Å²) in [5, 5.41) is 3.66. The number of hydrogen-bond donors (Lipinski definition) is 1. The fourth-order valence-corrected chi connectivity index (χ4v) is 4.52. The number of aliphatic imine (C=N–C) groups is 1. The monoisotopic (exact) mass is 449 g/mol. The van der Waals surface area contributed by atoms with E-state index in [1.807, 2.05) is 18.2 Å². The number of ether oxygens (including phenoxy) is 2. The summed E-state index contributed by atoms with van der Waals surface area (Å²) in [6.07, 6.45) is 0.937. The molecule has 3 heterocycles. The number of hydrogen-bond acceptors (Lipinski definition) is 8. The topological polar surface area (TPSA) is 70.4 Å². The second kappa shape index (κ2) is 8.92.